The first kappa shape index (κ1) is 20.2. The van der Waals surface area contributed by atoms with Crippen LogP contribution in [0.15, 0.2) is 50.9 Å². The van der Waals surface area contributed by atoms with Crippen molar-refractivity contribution in [3.8, 4) is 11.8 Å². The van der Waals surface area contributed by atoms with Crippen molar-refractivity contribution in [2.75, 3.05) is 11.9 Å². The Labute approximate surface area is 170 Å². The summed E-state index contributed by atoms with van der Waals surface area (Å²) in [4.78, 5) is 12.5. The van der Waals surface area contributed by atoms with Gasteiger partial charge in [-0.2, -0.15) is 5.26 Å². The molecule has 0 aliphatic rings. The molecule has 1 N–H and O–H groups in total. The van der Waals surface area contributed by atoms with Crippen molar-refractivity contribution >= 4 is 49.5 Å². The maximum atomic E-state index is 12.5. The number of halogens is 2. The van der Waals surface area contributed by atoms with E-state index in [0.29, 0.717) is 23.6 Å². The summed E-state index contributed by atoms with van der Waals surface area (Å²) in [5.74, 6) is 0.141. The predicted octanol–water partition coefficient (Wildman–Crippen LogP) is 5.85. The number of benzene rings is 2. The summed E-state index contributed by atoms with van der Waals surface area (Å²) in [6, 6.07) is 13.1. The molecule has 0 radical (unpaired) electrons. The van der Waals surface area contributed by atoms with Gasteiger partial charge >= 0.3 is 0 Å². The molecule has 2 aromatic rings. The van der Waals surface area contributed by atoms with Crippen LogP contribution in [-0.2, 0) is 4.79 Å². The number of anilines is 1. The second-order valence-electron chi connectivity index (χ2n) is 5.65. The average molecular weight is 478 g/mol. The van der Waals surface area contributed by atoms with E-state index in [1.165, 1.54) is 6.08 Å². The van der Waals surface area contributed by atoms with E-state index in [0.717, 1.165) is 20.9 Å². The van der Waals surface area contributed by atoms with Crippen molar-refractivity contribution in [1.29, 1.82) is 5.26 Å². The fourth-order valence-corrected chi connectivity index (χ4v) is 3.64. The number of amides is 1. The van der Waals surface area contributed by atoms with Gasteiger partial charge in [-0.15, -0.1) is 0 Å². The smallest absolute Gasteiger partial charge is 0.266 e. The van der Waals surface area contributed by atoms with E-state index in [2.05, 4.69) is 37.2 Å². The first-order chi connectivity index (χ1) is 12.4. The predicted molar refractivity (Wildman–Crippen MR) is 111 cm³/mol. The van der Waals surface area contributed by atoms with Crippen LogP contribution in [-0.4, -0.2) is 12.5 Å². The van der Waals surface area contributed by atoms with Crippen molar-refractivity contribution in [1.82, 2.24) is 0 Å². The molecule has 0 heterocycles. The van der Waals surface area contributed by atoms with Crippen LogP contribution in [0.5, 0.6) is 5.75 Å². The Morgan fingerprint density at radius 3 is 2.73 bits per heavy atom. The molecule has 0 saturated carbocycles. The van der Waals surface area contributed by atoms with E-state index in [4.69, 9.17) is 4.74 Å². The lowest BCUT2D eigenvalue weighted by molar-refractivity contribution is -0.112. The highest BCUT2D eigenvalue weighted by atomic mass is 79.9. The molecule has 0 aromatic heterocycles. The van der Waals surface area contributed by atoms with Crippen LogP contribution in [0.1, 0.15) is 24.5 Å². The van der Waals surface area contributed by atoms with Gasteiger partial charge in [0.2, 0.25) is 0 Å². The lowest BCUT2D eigenvalue weighted by Gasteiger charge is -2.12. The number of aryl methyl sites for hydroxylation is 1. The molecule has 2 aromatic carbocycles. The van der Waals surface area contributed by atoms with Crippen LogP contribution in [0, 0.1) is 18.3 Å². The van der Waals surface area contributed by atoms with E-state index in [9.17, 15) is 10.1 Å². The van der Waals surface area contributed by atoms with Crippen LogP contribution in [0.3, 0.4) is 0 Å². The minimum absolute atomic E-state index is 0.00199. The highest BCUT2D eigenvalue weighted by molar-refractivity contribution is 9.11. The molecule has 4 nitrogen and oxygen atoms in total. The van der Waals surface area contributed by atoms with Crippen LogP contribution in [0.4, 0.5) is 5.69 Å². The second kappa shape index (κ2) is 9.56. The molecule has 6 heteroatoms. The van der Waals surface area contributed by atoms with Crippen molar-refractivity contribution in [3.05, 3.63) is 62.0 Å². The molecule has 0 saturated heterocycles. The van der Waals surface area contributed by atoms with Crippen LogP contribution in [0.2, 0.25) is 0 Å². The molecular formula is C20H18Br2N2O2. The molecule has 0 fully saturated rings. The molecular weight excluding hydrogens is 460 g/mol. The molecule has 0 aliphatic heterocycles. The first-order valence-electron chi connectivity index (χ1n) is 8.06. The molecule has 1 amide bonds. The zero-order valence-corrected chi connectivity index (χ0v) is 17.6. The van der Waals surface area contributed by atoms with Gasteiger partial charge < -0.3 is 10.1 Å². The molecule has 0 bridgehead atoms. The lowest BCUT2D eigenvalue weighted by Crippen LogP contribution is -2.13. The Balaban J connectivity index is 2.36. The van der Waals surface area contributed by atoms with E-state index < -0.39 is 5.91 Å². The third-order valence-electron chi connectivity index (χ3n) is 3.43. The number of hydrogen-bond donors (Lipinski definition) is 1. The Morgan fingerprint density at radius 2 is 2.08 bits per heavy atom. The average Bonchev–Trinajstić information content (AvgIpc) is 2.58. The molecule has 134 valence electrons. The zero-order valence-electron chi connectivity index (χ0n) is 14.5. The minimum Gasteiger partial charge on any atom is -0.492 e. The van der Waals surface area contributed by atoms with E-state index in [1.54, 1.807) is 6.07 Å². The maximum absolute atomic E-state index is 12.5. The van der Waals surface area contributed by atoms with Crippen LogP contribution < -0.4 is 10.1 Å². The third kappa shape index (κ3) is 5.45. The number of nitrogens with one attached hydrogen (secondary N) is 1. The number of ether oxygens (including phenoxy) is 1. The Morgan fingerprint density at radius 1 is 1.31 bits per heavy atom. The second-order valence-corrected chi connectivity index (χ2v) is 7.42. The molecule has 0 spiro atoms. The van der Waals surface area contributed by atoms with Gasteiger partial charge in [-0.25, -0.2) is 0 Å². The van der Waals surface area contributed by atoms with E-state index in [-0.39, 0.29) is 5.57 Å². The molecule has 0 atom stereocenters. The zero-order chi connectivity index (χ0) is 19.1. The van der Waals surface area contributed by atoms with Crippen LogP contribution >= 0.6 is 31.9 Å². The molecule has 0 aliphatic carbocycles. The summed E-state index contributed by atoms with van der Waals surface area (Å²) < 4.78 is 7.35. The summed E-state index contributed by atoms with van der Waals surface area (Å²) in [5, 5.41) is 12.2. The van der Waals surface area contributed by atoms with Gasteiger partial charge in [0.15, 0.2) is 0 Å². The fourth-order valence-electron chi connectivity index (χ4n) is 2.27. The van der Waals surface area contributed by atoms with E-state index in [1.807, 2.05) is 50.2 Å². The van der Waals surface area contributed by atoms with Crippen molar-refractivity contribution < 1.29 is 9.53 Å². The van der Waals surface area contributed by atoms with Gasteiger partial charge in [0.25, 0.3) is 5.91 Å². The molecule has 2 rings (SSSR count). The van der Waals surface area contributed by atoms with Gasteiger partial charge in [0.05, 0.1) is 11.1 Å². The number of hydrogen-bond acceptors (Lipinski definition) is 3. The minimum atomic E-state index is -0.462. The lowest BCUT2D eigenvalue weighted by atomic mass is 10.1. The highest BCUT2D eigenvalue weighted by Crippen LogP contribution is 2.34. The highest BCUT2D eigenvalue weighted by Gasteiger charge is 2.14. The first-order valence-corrected chi connectivity index (χ1v) is 9.65. The molecule has 0 unspecified atom stereocenters. The summed E-state index contributed by atoms with van der Waals surface area (Å²) in [5.41, 5.74) is 2.32. The van der Waals surface area contributed by atoms with Crippen molar-refractivity contribution in [2.24, 2.45) is 0 Å². The van der Waals surface area contributed by atoms with Crippen molar-refractivity contribution in [2.45, 2.75) is 20.3 Å². The fraction of sp³-hybridized carbons (Fsp3) is 0.200. The van der Waals surface area contributed by atoms with Gasteiger partial charge in [-0.1, -0.05) is 35.0 Å². The quantitative estimate of drug-likeness (QED) is 0.419. The van der Waals surface area contributed by atoms with Gasteiger partial charge in [0.1, 0.15) is 17.4 Å². The number of carbonyl (C=O) groups is 1. The maximum Gasteiger partial charge on any atom is 0.266 e. The van der Waals surface area contributed by atoms with Gasteiger partial charge in [-0.3, -0.25) is 4.79 Å². The van der Waals surface area contributed by atoms with Gasteiger partial charge in [0, 0.05) is 15.7 Å². The molecule has 26 heavy (non-hydrogen) atoms. The SMILES string of the molecule is CCCOc1c(Br)cc(Br)cc1/C=C(\C#N)C(=O)Nc1cccc(C)c1. The Bertz CT molecular complexity index is 886. The number of carbonyl (C=O) groups excluding carboxylic acids is 1. The summed E-state index contributed by atoms with van der Waals surface area (Å²) >= 11 is 6.90. The topological polar surface area (TPSA) is 62.1 Å². The van der Waals surface area contributed by atoms with Gasteiger partial charge in [-0.05, 0) is 65.2 Å². The summed E-state index contributed by atoms with van der Waals surface area (Å²) in [6.07, 6.45) is 2.39. The number of nitriles is 1. The standard InChI is InChI=1S/C20H18Br2N2O2/c1-3-7-26-19-14(10-16(21)11-18(19)22)9-15(12-23)20(25)24-17-6-4-5-13(2)8-17/h4-6,8-11H,3,7H2,1-2H3,(H,24,25)/b15-9+. The van der Waals surface area contributed by atoms with Crippen LogP contribution in [0.25, 0.3) is 6.08 Å². The summed E-state index contributed by atoms with van der Waals surface area (Å²) in [6.45, 7) is 4.49. The number of rotatable bonds is 6. The number of nitrogens with zero attached hydrogens (tertiary/aromatic N) is 1. The van der Waals surface area contributed by atoms with Crippen molar-refractivity contribution in [3.63, 3.8) is 0 Å². The van der Waals surface area contributed by atoms with E-state index >= 15 is 0 Å². The third-order valence-corrected chi connectivity index (χ3v) is 4.48. The largest absolute Gasteiger partial charge is 0.492 e. The Kier molecular flexibility index (Phi) is 7.43. The Hall–Kier alpha value is -2.10. The normalized spacial score (nSPS) is 11.0. The monoisotopic (exact) mass is 476 g/mol. The summed E-state index contributed by atoms with van der Waals surface area (Å²) in [7, 11) is 0.